The average Bonchev–Trinajstić information content (AvgIpc) is 2.40. The Balaban J connectivity index is 1.96. The fourth-order valence-corrected chi connectivity index (χ4v) is 2.10. The largest absolute Gasteiger partial charge is 0.348 e. The lowest BCUT2D eigenvalue weighted by molar-refractivity contribution is 0.0922. The van der Waals surface area contributed by atoms with E-state index in [0.29, 0.717) is 11.3 Å². The molecule has 0 aliphatic heterocycles. The summed E-state index contributed by atoms with van der Waals surface area (Å²) < 4.78 is 0. The molecule has 1 aliphatic carbocycles. The van der Waals surface area contributed by atoms with Crippen molar-refractivity contribution < 1.29 is 4.79 Å². The van der Waals surface area contributed by atoms with E-state index in [9.17, 15) is 4.79 Å². The Morgan fingerprint density at radius 3 is 2.71 bits per heavy atom. The van der Waals surface area contributed by atoms with Crippen molar-refractivity contribution in [1.29, 1.82) is 5.26 Å². The first-order valence-electron chi connectivity index (χ1n) is 5.96. The second kappa shape index (κ2) is 5.44. The molecule has 0 atom stereocenters. The van der Waals surface area contributed by atoms with E-state index in [-0.39, 0.29) is 11.9 Å². The maximum absolute atomic E-state index is 11.9. The molecule has 0 spiro atoms. The molecule has 1 aromatic rings. The van der Waals surface area contributed by atoms with Gasteiger partial charge in [-0.05, 0) is 25.0 Å². The van der Waals surface area contributed by atoms with E-state index in [1.807, 2.05) is 6.07 Å². The highest BCUT2D eigenvalue weighted by atomic mass is 16.1. The van der Waals surface area contributed by atoms with Gasteiger partial charge in [0.15, 0.2) is 0 Å². The molecule has 1 fully saturated rings. The van der Waals surface area contributed by atoms with Crippen LogP contribution in [0, 0.1) is 11.3 Å². The number of pyridine rings is 1. The van der Waals surface area contributed by atoms with Gasteiger partial charge in [0.2, 0.25) is 0 Å². The summed E-state index contributed by atoms with van der Waals surface area (Å²) in [6.45, 7) is 0. The number of nitrogens with one attached hydrogen (secondary N) is 1. The van der Waals surface area contributed by atoms with Crippen LogP contribution in [0.5, 0.6) is 0 Å². The van der Waals surface area contributed by atoms with Crippen molar-refractivity contribution in [2.75, 3.05) is 0 Å². The Bertz CT molecular complexity index is 427. The average molecular weight is 229 g/mol. The van der Waals surface area contributed by atoms with E-state index in [1.165, 1.54) is 25.5 Å². The number of nitrogens with zero attached hydrogens (tertiary/aromatic N) is 2. The SMILES string of the molecule is N#Cc1ccc(C(=O)NC2CCCCC2)nc1. The van der Waals surface area contributed by atoms with Crippen LogP contribution in [0.1, 0.15) is 48.2 Å². The van der Waals surface area contributed by atoms with Crippen LogP contribution in [-0.2, 0) is 0 Å². The van der Waals surface area contributed by atoms with Crippen molar-refractivity contribution in [2.24, 2.45) is 0 Å². The summed E-state index contributed by atoms with van der Waals surface area (Å²) in [6, 6.07) is 5.47. The molecule has 17 heavy (non-hydrogen) atoms. The van der Waals surface area contributed by atoms with Gasteiger partial charge < -0.3 is 5.32 Å². The van der Waals surface area contributed by atoms with E-state index in [2.05, 4.69) is 10.3 Å². The van der Waals surface area contributed by atoms with Crippen LogP contribution in [0.2, 0.25) is 0 Å². The first-order valence-corrected chi connectivity index (χ1v) is 5.96. The molecule has 1 aliphatic rings. The standard InChI is InChI=1S/C13H15N3O/c14-8-10-6-7-12(15-9-10)13(17)16-11-4-2-1-3-5-11/h6-7,9,11H,1-5H2,(H,16,17). The lowest BCUT2D eigenvalue weighted by atomic mass is 9.95. The van der Waals surface area contributed by atoms with Gasteiger partial charge >= 0.3 is 0 Å². The lowest BCUT2D eigenvalue weighted by Crippen LogP contribution is -2.36. The molecule has 0 bridgehead atoms. The molecule has 1 aromatic heterocycles. The predicted molar refractivity (Wildman–Crippen MR) is 63.3 cm³/mol. The van der Waals surface area contributed by atoms with Crippen LogP contribution in [0.4, 0.5) is 0 Å². The molecule has 2 rings (SSSR count). The second-order valence-corrected chi connectivity index (χ2v) is 4.35. The Hall–Kier alpha value is -1.89. The van der Waals surface area contributed by atoms with Gasteiger partial charge in [0.25, 0.3) is 5.91 Å². The third-order valence-corrected chi connectivity index (χ3v) is 3.07. The van der Waals surface area contributed by atoms with Crippen LogP contribution in [0.3, 0.4) is 0 Å². The second-order valence-electron chi connectivity index (χ2n) is 4.35. The first-order chi connectivity index (χ1) is 8.29. The lowest BCUT2D eigenvalue weighted by Gasteiger charge is -2.22. The minimum Gasteiger partial charge on any atom is -0.348 e. The molecular formula is C13H15N3O. The number of aromatic nitrogens is 1. The summed E-state index contributed by atoms with van der Waals surface area (Å²) in [6.07, 6.45) is 7.18. The van der Waals surface area contributed by atoms with Crippen molar-refractivity contribution in [3.05, 3.63) is 29.6 Å². The number of carbonyl (C=O) groups is 1. The Kier molecular flexibility index (Phi) is 3.71. The number of amides is 1. The number of hydrogen-bond acceptors (Lipinski definition) is 3. The molecule has 0 saturated heterocycles. The van der Waals surface area contributed by atoms with Gasteiger partial charge in [-0.2, -0.15) is 5.26 Å². The maximum atomic E-state index is 11.9. The van der Waals surface area contributed by atoms with Gasteiger partial charge in [0.1, 0.15) is 11.8 Å². The van der Waals surface area contributed by atoms with Crippen LogP contribution in [0.15, 0.2) is 18.3 Å². The summed E-state index contributed by atoms with van der Waals surface area (Å²) in [5.41, 5.74) is 0.855. The number of carbonyl (C=O) groups excluding carboxylic acids is 1. The van der Waals surface area contributed by atoms with Gasteiger partial charge in [0, 0.05) is 12.2 Å². The summed E-state index contributed by atoms with van der Waals surface area (Å²) in [5.74, 6) is -0.138. The molecule has 0 unspecified atom stereocenters. The Morgan fingerprint density at radius 2 is 2.12 bits per heavy atom. The van der Waals surface area contributed by atoms with Crippen LogP contribution < -0.4 is 5.32 Å². The van der Waals surface area contributed by atoms with Crippen LogP contribution >= 0.6 is 0 Å². The number of nitriles is 1. The van der Waals surface area contributed by atoms with Crippen molar-refractivity contribution >= 4 is 5.91 Å². The van der Waals surface area contributed by atoms with Gasteiger partial charge in [-0.1, -0.05) is 19.3 Å². The predicted octanol–water partition coefficient (Wildman–Crippen LogP) is 2.02. The van der Waals surface area contributed by atoms with Gasteiger partial charge in [-0.25, -0.2) is 4.98 Å². The molecule has 88 valence electrons. The fraction of sp³-hybridized carbons (Fsp3) is 0.462. The van der Waals surface area contributed by atoms with Crippen molar-refractivity contribution in [3.63, 3.8) is 0 Å². The third kappa shape index (κ3) is 3.04. The van der Waals surface area contributed by atoms with Crippen LogP contribution in [-0.4, -0.2) is 16.9 Å². The van der Waals surface area contributed by atoms with Gasteiger partial charge in [-0.15, -0.1) is 0 Å². The minimum absolute atomic E-state index is 0.138. The minimum atomic E-state index is -0.138. The number of hydrogen-bond donors (Lipinski definition) is 1. The van der Waals surface area contributed by atoms with E-state index in [4.69, 9.17) is 5.26 Å². The zero-order valence-electron chi connectivity index (χ0n) is 9.65. The fourth-order valence-electron chi connectivity index (χ4n) is 2.10. The molecule has 0 radical (unpaired) electrons. The topological polar surface area (TPSA) is 65.8 Å². The Morgan fingerprint density at radius 1 is 1.35 bits per heavy atom. The molecule has 1 amide bonds. The number of rotatable bonds is 2. The van der Waals surface area contributed by atoms with E-state index in [0.717, 1.165) is 12.8 Å². The molecule has 4 nitrogen and oxygen atoms in total. The monoisotopic (exact) mass is 229 g/mol. The molecule has 4 heteroatoms. The molecule has 0 aromatic carbocycles. The quantitative estimate of drug-likeness (QED) is 0.843. The summed E-state index contributed by atoms with van der Waals surface area (Å²) in [4.78, 5) is 15.8. The highest BCUT2D eigenvalue weighted by Crippen LogP contribution is 2.17. The van der Waals surface area contributed by atoms with E-state index in [1.54, 1.807) is 12.1 Å². The highest BCUT2D eigenvalue weighted by molar-refractivity contribution is 5.92. The van der Waals surface area contributed by atoms with Gasteiger partial charge in [-0.3, -0.25) is 4.79 Å². The van der Waals surface area contributed by atoms with E-state index >= 15 is 0 Å². The maximum Gasteiger partial charge on any atom is 0.270 e. The van der Waals surface area contributed by atoms with Crippen molar-refractivity contribution in [1.82, 2.24) is 10.3 Å². The normalized spacial score (nSPS) is 16.2. The van der Waals surface area contributed by atoms with Gasteiger partial charge in [0.05, 0.1) is 5.56 Å². The smallest absolute Gasteiger partial charge is 0.270 e. The highest BCUT2D eigenvalue weighted by Gasteiger charge is 2.17. The summed E-state index contributed by atoms with van der Waals surface area (Å²) in [5, 5.41) is 11.6. The molecule has 1 N–H and O–H groups in total. The molecule has 1 saturated carbocycles. The summed E-state index contributed by atoms with van der Waals surface area (Å²) in [7, 11) is 0. The first kappa shape index (κ1) is 11.6. The van der Waals surface area contributed by atoms with E-state index < -0.39 is 0 Å². The Labute approximate surface area is 101 Å². The zero-order chi connectivity index (χ0) is 12.1. The summed E-state index contributed by atoms with van der Waals surface area (Å²) >= 11 is 0. The third-order valence-electron chi connectivity index (χ3n) is 3.07. The molecule has 1 heterocycles. The van der Waals surface area contributed by atoms with Crippen molar-refractivity contribution in [3.8, 4) is 6.07 Å². The van der Waals surface area contributed by atoms with Crippen molar-refractivity contribution in [2.45, 2.75) is 38.1 Å². The molecular weight excluding hydrogens is 214 g/mol. The van der Waals surface area contributed by atoms with Crippen LogP contribution in [0.25, 0.3) is 0 Å². The zero-order valence-corrected chi connectivity index (χ0v) is 9.65.